The fourth-order valence-electron chi connectivity index (χ4n) is 2.52. The van der Waals surface area contributed by atoms with Gasteiger partial charge in [-0.3, -0.25) is 4.79 Å². The standard InChI is InChI=1S/C18H33NO2/c1-21-18(20)16-14-12-10-8-6-4-2-3-5-7-9-11-13-15-17-19/h2-16H2,1H3. The number of esters is 1. The lowest BCUT2D eigenvalue weighted by molar-refractivity contribution is -0.140. The maximum absolute atomic E-state index is 10.9. The summed E-state index contributed by atoms with van der Waals surface area (Å²) < 4.78 is 4.62. The number of unbranched alkanes of at least 4 members (excludes halogenated alkanes) is 13. The number of carbonyl (C=O) groups excluding carboxylic acids is 1. The molecule has 0 bridgehead atoms. The Morgan fingerprint density at radius 2 is 1.14 bits per heavy atom. The summed E-state index contributed by atoms with van der Waals surface area (Å²) in [6.07, 6.45) is 17.6. The third kappa shape index (κ3) is 16.9. The lowest BCUT2D eigenvalue weighted by Crippen LogP contribution is -1.99. The smallest absolute Gasteiger partial charge is 0.305 e. The van der Waals surface area contributed by atoms with Gasteiger partial charge in [-0.25, -0.2) is 0 Å². The monoisotopic (exact) mass is 295 g/mol. The van der Waals surface area contributed by atoms with Crippen molar-refractivity contribution in [3.63, 3.8) is 0 Å². The van der Waals surface area contributed by atoms with Crippen LogP contribution in [0, 0.1) is 11.3 Å². The molecular formula is C18H33NO2. The van der Waals surface area contributed by atoms with Crippen LogP contribution in [-0.2, 0) is 9.53 Å². The van der Waals surface area contributed by atoms with Crippen molar-refractivity contribution in [1.82, 2.24) is 0 Å². The highest BCUT2D eigenvalue weighted by Crippen LogP contribution is 2.13. The van der Waals surface area contributed by atoms with Gasteiger partial charge >= 0.3 is 5.97 Å². The molecule has 0 aromatic carbocycles. The van der Waals surface area contributed by atoms with Gasteiger partial charge in [-0.05, 0) is 12.8 Å². The Morgan fingerprint density at radius 1 is 0.762 bits per heavy atom. The molecule has 0 spiro atoms. The van der Waals surface area contributed by atoms with Crippen molar-refractivity contribution < 1.29 is 9.53 Å². The summed E-state index contributed by atoms with van der Waals surface area (Å²) in [4.78, 5) is 10.9. The molecule has 0 N–H and O–H groups in total. The van der Waals surface area contributed by atoms with Gasteiger partial charge in [0.05, 0.1) is 13.2 Å². The van der Waals surface area contributed by atoms with Crippen molar-refractivity contribution in [2.75, 3.05) is 7.11 Å². The first-order valence-corrected chi connectivity index (χ1v) is 8.75. The molecule has 0 fully saturated rings. The lowest BCUT2D eigenvalue weighted by Gasteiger charge is -2.03. The molecule has 0 unspecified atom stereocenters. The Balaban J connectivity index is 3.00. The predicted molar refractivity (Wildman–Crippen MR) is 86.9 cm³/mol. The van der Waals surface area contributed by atoms with E-state index in [1.165, 1.54) is 71.3 Å². The molecule has 0 aromatic heterocycles. The Hall–Kier alpha value is -1.04. The number of methoxy groups -OCH3 is 1. The van der Waals surface area contributed by atoms with Crippen molar-refractivity contribution in [3.8, 4) is 6.07 Å². The maximum Gasteiger partial charge on any atom is 0.305 e. The van der Waals surface area contributed by atoms with Crippen LogP contribution >= 0.6 is 0 Å². The highest BCUT2D eigenvalue weighted by atomic mass is 16.5. The van der Waals surface area contributed by atoms with E-state index < -0.39 is 0 Å². The normalized spacial score (nSPS) is 10.3. The first kappa shape index (κ1) is 20.0. The Labute approximate surface area is 131 Å². The highest BCUT2D eigenvalue weighted by molar-refractivity contribution is 5.68. The van der Waals surface area contributed by atoms with Crippen LogP contribution in [0.4, 0.5) is 0 Å². The number of nitriles is 1. The molecule has 3 nitrogen and oxygen atoms in total. The minimum Gasteiger partial charge on any atom is -0.469 e. The summed E-state index contributed by atoms with van der Waals surface area (Å²) in [5, 5.41) is 8.42. The van der Waals surface area contributed by atoms with Gasteiger partial charge in [0, 0.05) is 12.8 Å². The summed E-state index contributed by atoms with van der Waals surface area (Å²) in [7, 11) is 1.45. The average Bonchev–Trinajstić information content (AvgIpc) is 2.50. The molecule has 0 heterocycles. The van der Waals surface area contributed by atoms with Gasteiger partial charge in [0.1, 0.15) is 0 Å². The quantitative estimate of drug-likeness (QED) is 0.294. The molecule has 122 valence electrons. The zero-order valence-corrected chi connectivity index (χ0v) is 13.9. The Morgan fingerprint density at radius 3 is 1.52 bits per heavy atom. The largest absolute Gasteiger partial charge is 0.469 e. The topological polar surface area (TPSA) is 50.1 Å². The van der Waals surface area contributed by atoms with Crippen LogP contribution in [0.25, 0.3) is 0 Å². The molecule has 0 aliphatic carbocycles. The van der Waals surface area contributed by atoms with E-state index >= 15 is 0 Å². The van der Waals surface area contributed by atoms with Crippen LogP contribution in [0.2, 0.25) is 0 Å². The van der Waals surface area contributed by atoms with Gasteiger partial charge in [0.25, 0.3) is 0 Å². The van der Waals surface area contributed by atoms with Crippen molar-refractivity contribution in [2.24, 2.45) is 0 Å². The SMILES string of the molecule is COC(=O)CCCCCCCCCCCCCCCC#N. The summed E-state index contributed by atoms with van der Waals surface area (Å²) >= 11 is 0. The van der Waals surface area contributed by atoms with E-state index in [0.717, 1.165) is 25.7 Å². The van der Waals surface area contributed by atoms with Gasteiger partial charge in [-0.15, -0.1) is 0 Å². The van der Waals surface area contributed by atoms with Gasteiger partial charge in [-0.2, -0.15) is 5.26 Å². The van der Waals surface area contributed by atoms with Crippen LogP contribution in [-0.4, -0.2) is 13.1 Å². The van der Waals surface area contributed by atoms with Crippen LogP contribution in [0.15, 0.2) is 0 Å². The zero-order chi connectivity index (χ0) is 15.6. The number of carbonyl (C=O) groups is 1. The summed E-state index contributed by atoms with van der Waals surface area (Å²) in [5.41, 5.74) is 0. The molecule has 0 atom stereocenters. The molecule has 0 aliphatic rings. The molecule has 0 saturated carbocycles. The second-order valence-electron chi connectivity index (χ2n) is 5.83. The lowest BCUT2D eigenvalue weighted by atomic mass is 10.0. The first-order valence-electron chi connectivity index (χ1n) is 8.75. The number of hydrogen-bond acceptors (Lipinski definition) is 3. The molecule has 0 amide bonds. The number of hydrogen-bond donors (Lipinski definition) is 0. The molecule has 3 heteroatoms. The van der Waals surface area contributed by atoms with E-state index in [1.807, 2.05) is 0 Å². The molecule has 0 saturated heterocycles. The van der Waals surface area contributed by atoms with Gasteiger partial charge in [0.2, 0.25) is 0 Å². The second kappa shape index (κ2) is 17.0. The fraction of sp³-hybridized carbons (Fsp3) is 0.889. The van der Waals surface area contributed by atoms with Crippen molar-refractivity contribution in [2.45, 2.75) is 96.3 Å². The van der Waals surface area contributed by atoms with Crippen LogP contribution < -0.4 is 0 Å². The van der Waals surface area contributed by atoms with E-state index in [0.29, 0.717) is 6.42 Å². The van der Waals surface area contributed by atoms with E-state index in [9.17, 15) is 4.79 Å². The van der Waals surface area contributed by atoms with E-state index in [4.69, 9.17) is 5.26 Å². The minimum atomic E-state index is -0.0809. The van der Waals surface area contributed by atoms with E-state index in [-0.39, 0.29) is 5.97 Å². The molecule has 0 aromatic rings. The third-order valence-electron chi connectivity index (χ3n) is 3.90. The number of nitrogens with zero attached hydrogens (tertiary/aromatic N) is 1. The Bertz CT molecular complexity index is 271. The number of rotatable bonds is 15. The van der Waals surface area contributed by atoms with Crippen molar-refractivity contribution in [3.05, 3.63) is 0 Å². The average molecular weight is 295 g/mol. The maximum atomic E-state index is 10.9. The fourth-order valence-corrected chi connectivity index (χ4v) is 2.52. The number of ether oxygens (including phenoxy) is 1. The minimum absolute atomic E-state index is 0.0809. The Kier molecular flexibility index (Phi) is 16.2. The zero-order valence-electron chi connectivity index (χ0n) is 13.9. The molecule has 0 aliphatic heterocycles. The van der Waals surface area contributed by atoms with Gasteiger partial charge in [0.15, 0.2) is 0 Å². The molecule has 0 rings (SSSR count). The van der Waals surface area contributed by atoms with Crippen LogP contribution in [0.5, 0.6) is 0 Å². The second-order valence-corrected chi connectivity index (χ2v) is 5.83. The van der Waals surface area contributed by atoms with E-state index in [1.54, 1.807) is 0 Å². The summed E-state index contributed by atoms with van der Waals surface area (Å²) in [6, 6.07) is 2.20. The summed E-state index contributed by atoms with van der Waals surface area (Å²) in [5.74, 6) is -0.0809. The van der Waals surface area contributed by atoms with E-state index in [2.05, 4.69) is 10.8 Å². The van der Waals surface area contributed by atoms with Crippen molar-refractivity contribution in [1.29, 1.82) is 5.26 Å². The van der Waals surface area contributed by atoms with Crippen LogP contribution in [0.1, 0.15) is 96.3 Å². The molecular weight excluding hydrogens is 262 g/mol. The van der Waals surface area contributed by atoms with Gasteiger partial charge < -0.3 is 4.74 Å². The third-order valence-corrected chi connectivity index (χ3v) is 3.90. The van der Waals surface area contributed by atoms with Gasteiger partial charge in [-0.1, -0.05) is 70.6 Å². The summed E-state index contributed by atoms with van der Waals surface area (Å²) in [6.45, 7) is 0. The molecule has 0 radical (unpaired) electrons. The molecule has 21 heavy (non-hydrogen) atoms. The van der Waals surface area contributed by atoms with Crippen molar-refractivity contribution >= 4 is 5.97 Å². The predicted octanol–water partition coefficient (Wildman–Crippen LogP) is 5.53. The highest BCUT2D eigenvalue weighted by Gasteiger charge is 1.99. The first-order chi connectivity index (χ1) is 10.3. The van der Waals surface area contributed by atoms with Crippen LogP contribution in [0.3, 0.4) is 0 Å².